The predicted octanol–water partition coefficient (Wildman–Crippen LogP) is 3.99. The van der Waals surface area contributed by atoms with Gasteiger partial charge in [0.1, 0.15) is 5.60 Å². The van der Waals surface area contributed by atoms with Gasteiger partial charge in [-0.2, -0.15) is 0 Å². The number of hydrogen-bond acceptors (Lipinski definition) is 3. The highest BCUT2D eigenvalue weighted by Crippen LogP contribution is 2.44. The maximum atomic E-state index is 11.7. The molecule has 0 spiro atoms. The van der Waals surface area contributed by atoms with E-state index in [9.17, 15) is 4.79 Å². The molecule has 2 N–H and O–H groups in total. The Labute approximate surface area is 145 Å². The number of carbonyl (C=O) groups is 1. The molecule has 24 heavy (non-hydrogen) atoms. The van der Waals surface area contributed by atoms with Crippen molar-refractivity contribution >= 4 is 6.09 Å². The maximum absolute atomic E-state index is 11.7. The summed E-state index contributed by atoms with van der Waals surface area (Å²) < 4.78 is 5.24. The Bertz CT molecular complexity index is 542. The van der Waals surface area contributed by atoms with Gasteiger partial charge >= 0.3 is 6.09 Å². The van der Waals surface area contributed by atoms with Gasteiger partial charge in [0.05, 0.1) is 0 Å². The lowest BCUT2D eigenvalue weighted by Crippen LogP contribution is -2.32. The van der Waals surface area contributed by atoms with Crippen LogP contribution in [-0.4, -0.2) is 17.7 Å². The van der Waals surface area contributed by atoms with Crippen molar-refractivity contribution in [3.8, 4) is 0 Å². The first-order chi connectivity index (χ1) is 11.4. The molecule has 3 rings (SSSR count). The molecule has 4 nitrogen and oxygen atoms in total. The van der Waals surface area contributed by atoms with Crippen LogP contribution in [0.4, 0.5) is 4.79 Å². The van der Waals surface area contributed by atoms with Gasteiger partial charge in [-0.3, -0.25) is 0 Å². The van der Waals surface area contributed by atoms with Gasteiger partial charge in [-0.1, -0.05) is 24.3 Å². The molecule has 0 bridgehead atoms. The van der Waals surface area contributed by atoms with Crippen LogP contribution in [-0.2, 0) is 17.8 Å². The minimum atomic E-state index is -0.459. The third-order valence-electron chi connectivity index (χ3n) is 4.66. The Kier molecular flexibility index (Phi) is 5.14. The molecule has 132 valence electrons. The molecule has 2 fully saturated rings. The van der Waals surface area contributed by atoms with Gasteiger partial charge in [0, 0.05) is 19.1 Å². The summed E-state index contributed by atoms with van der Waals surface area (Å²) in [6.45, 7) is 7.04. The molecular weight excluding hydrogens is 300 g/mol. The van der Waals surface area contributed by atoms with E-state index in [1.807, 2.05) is 20.8 Å². The summed E-state index contributed by atoms with van der Waals surface area (Å²) in [5, 5.41) is 6.56. The van der Waals surface area contributed by atoms with Crippen molar-refractivity contribution in [3.63, 3.8) is 0 Å². The minimum Gasteiger partial charge on any atom is -0.444 e. The SMILES string of the molecule is CC(C)(C)OC(=O)NCc1ccc(CNC(C2CC2)C2CC2)cc1. The van der Waals surface area contributed by atoms with Crippen LogP contribution in [0, 0.1) is 11.8 Å². The molecule has 2 aliphatic rings. The van der Waals surface area contributed by atoms with Crippen LogP contribution in [0.25, 0.3) is 0 Å². The largest absolute Gasteiger partial charge is 0.444 e. The number of hydrogen-bond donors (Lipinski definition) is 2. The van der Waals surface area contributed by atoms with Crippen LogP contribution >= 0.6 is 0 Å². The minimum absolute atomic E-state index is 0.370. The molecule has 0 heterocycles. The fourth-order valence-electron chi connectivity index (χ4n) is 3.13. The normalized spacial score (nSPS) is 17.8. The van der Waals surface area contributed by atoms with Gasteiger partial charge in [-0.05, 0) is 69.4 Å². The topological polar surface area (TPSA) is 50.4 Å². The van der Waals surface area contributed by atoms with Crippen molar-refractivity contribution in [3.05, 3.63) is 35.4 Å². The van der Waals surface area contributed by atoms with Crippen LogP contribution in [0.3, 0.4) is 0 Å². The first-order valence-corrected chi connectivity index (χ1v) is 9.19. The molecule has 0 atom stereocenters. The smallest absolute Gasteiger partial charge is 0.407 e. The van der Waals surface area contributed by atoms with E-state index in [2.05, 4.69) is 34.9 Å². The van der Waals surface area contributed by atoms with E-state index in [4.69, 9.17) is 4.74 Å². The number of alkyl carbamates (subject to hydrolysis) is 1. The van der Waals surface area contributed by atoms with E-state index in [1.54, 1.807) is 0 Å². The van der Waals surface area contributed by atoms with Crippen molar-refractivity contribution in [2.45, 2.75) is 71.2 Å². The monoisotopic (exact) mass is 330 g/mol. The Balaban J connectivity index is 1.42. The standard InChI is InChI=1S/C20H30N2O2/c1-20(2,3)24-19(23)22-13-15-6-4-14(5-7-15)12-21-18(16-8-9-16)17-10-11-17/h4-7,16-18,21H,8-13H2,1-3H3,(H,22,23). The summed E-state index contributed by atoms with van der Waals surface area (Å²) in [6, 6.07) is 9.19. The lowest BCUT2D eigenvalue weighted by atomic mass is 10.1. The average molecular weight is 330 g/mol. The maximum Gasteiger partial charge on any atom is 0.407 e. The molecule has 4 heteroatoms. The van der Waals surface area contributed by atoms with Gasteiger partial charge < -0.3 is 15.4 Å². The highest BCUT2D eigenvalue weighted by Gasteiger charge is 2.40. The Morgan fingerprint density at radius 2 is 1.54 bits per heavy atom. The summed E-state index contributed by atoms with van der Waals surface area (Å²) in [7, 11) is 0. The number of nitrogens with one attached hydrogen (secondary N) is 2. The zero-order chi connectivity index (χ0) is 17.2. The van der Waals surface area contributed by atoms with Gasteiger partial charge in [0.15, 0.2) is 0 Å². The van der Waals surface area contributed by atoms with E-state index in [0.717, 1.165) is 30.0 Å². The Morgan fingerprint density at radius 1 is 1.04 bits per heavy atom. The molecule has 2 aliphatic carbocycles. The predicted molar refractivity (Wildman–Crippen MR) is 95.6 cm³/mol. The van der Waals surface area contributed by atoms with E-state index < -0.39 is 5.60 Å². The molecule has 1 aromatic rings. The zero-order valence-electron chi connectivity index (χ0n) is 15.1. The van der Waals surface area contributed by atoms with E-state index in [0.29, 0.717) is 6.54 Å². The molecule has 1 amide bonds. The van der Waals surface area contributed by atoms with E-state index in [-0.39, 0.29) is 6.09 Å². The second-order valence-electron chi connectivity index (χ2n) is 8.25. The Hall–Kier alpha value is -1.55. The summed E-state index contributed by atoms with van der Waals surface area (Å²) in [5.74, 6) is 1.85. The zero-order valence-corrected chi connectivity index (χ0v) is 15.1. The first-order valence-electron chi connectivity index (χ1n) is 9.19. The van der Waals surface area contributed by atoms with Crippen LogP contribution in [0.1, 0.15) is 57.6 Å². The summed E-state index contributed by atoms with van der Waals surface area (Å²) >= 11 is 0. The molecular formula is C20H30N2O2. The summed E-state index contributed by atoms with van der Waals surface area (Å²) in [5.41, 5.74) is 1.94. The molecule has 0 radical (unpaired) electrons. The van der Waals surface area contributed by atoms with Crippen molar-refractivity contribution in [1.29, 1.82) is 0 Å². The van der Waals surface area contributed by atoms with E-state index >= 15 is 0 Å². The molecule has 0 unspecified atom stereocenters. The Morgan fingerprint density at radius 3 is 2.00 bits per heavy atom. The van der Waals surface area contributed by atoms with Crippen molar-refractivity contribution in [2.24, 2.45) is 11.8 Å². The average Bonchev–Trinajstić information content (AvgIpc) is 3.38. The fourth-order valence-corrected chi connectivity index (χ4v) is 3.13. The highest BCUT2D eigenvalue weighted by molar-refractivity contribution is 5.67. The van der Waals surface area contributed by atoms with Gasteiger partial charge in [0.25, 0.3) is 0 Å². The van der Waals surface area contributed by atoms with Crippen LogP contribution < -0.4 is 10.6 Å². The molecule has 2 saturated carbocycles. The quantitative estimate of drug-likeness (QED) is 0.795. The van der Waals surface area contributed by atoms with Crippen LogP contribution in [0.2, 0.25) is 0 Å². The van der Waals surface area contributed by atoms with Gasteiger partial charge in [0.2, 0.25) is 0 Å². The lowest BCUT2D eigenvalue weighted by molar-refractivity contribution is 0.0523. The number of ether oxygens (including phenoxy) is 1. The number of amides is 1. The summed E-state index contributed by atoms with van der Waals surface area (Å²) in [6.07, 6.45) is 5.25. The molecule has 0 saturated heterocycles. The highest BCUT2D eigenvalue weighted by atomic mass is 16.6. The fraction of sp³-hybridized carbons (Fsp3) is 0.650. The molecule has 0 aromatic heterocycles. The first kappa shape index (κ1) is 17.3. The van der Waals surface area contributed by atoms with Crippen molar-refractivity contribution in [2.75, 3.05) is 0 Å². The van der Waals surface area contributed by atoms with Crippen LogP contribution in [0.15, 0.2) is 24.3 Å². The second kappa shape index (κ2) is 7.14. The number of benzene rings is 1. The van der Waals surface area contributed by atoms with E-state index in [1.165, 1.54) is 31.2 Å². The molecule has 0 aliphatic heterocycles. The van der Waals surface area contributed by atoms with Crippen LogP contribution in [0.5, 0.6) is 0 Å². The third kappa shape index (κ3) is 5.52. The second-order valence-corrected chi connectivity index (χ2v) is 8.25. The summed E-state index contributed by atoms with van der Waals surface area (Å²) in [4.78, 5) is 11.7. The van der Waals surface area contributed by atoms with Crippen molar-refractivity contribution in [1.82, 2.24) is 10.6 Å². The van der Waals surface area contributed by atoms with Gasteiger partial charge in [-0.25, -0.2) is 4.79 Å². The van der Waals surface area contributed by atoms with Crippen molar-refractivity contribution < 1.29 is 9.53 Å². The number of carbonyl (C=O) groups excluding carboxylic acids is 1. The lowest BCUT2D eigenvalue weighted by Gasteiger charge is -2.19. The molecule has 1 aromatic carbocycles. The van der Waals surface area contributed by atoms with Gasteiger partial charge in [-0.15, -0.1) is 0 Å². The number of rotatable bonds is 7. The third-order valence-corrected chi connectivity index (χ3v) is 4.66.